The molecular formula is C21H24FN7O3S. The van der Waals surface area contributed by atoms with Crippen LogP contribution >= 0.6 is 11.3 Å². The van der Waals surface area contributed by atoms with Gasteiger partial charge in [-0.1, -0.05) is 11.3 Å². The first-order valence-corrected chi connectivity index (χ1v) is 11.1. The molecule has 2 unspecified atom stereocenters. The molecule has 1 saturated heterocycles. The van der Waals surface area contributed by atoms with Gasteiger partial charge in [0.2, 0.25) is 5.95 Å². The van der Waals surface area contributed by atoms with E-state index in [1.165, 1.54) is 28.4 Å². The summed E-state index contributed by atoms with van der Waals surface area (Å²) >= 11 is 1.22. The Bertz CT molecular complexity index is 1160. The minimum Gasteiger partial charge on any atom is -0.421 e. The monoisotopic (exact) mass is 473 g/mol. The van der Waals surface area contributed by atoms with Crippen LogP contribution in [0.1, 0.15) is 24.2 Å². The number of nitrogen functional groups attached to an aromatic ring is 1. The Kier molecular flexibility index (Phi) is 6.38. The van der Waals surface area contributed by atoms with Crippen LogP contribution in [-0.4, -0.2) is 70.1 Å². The van der Waals surface area contributed by atoms with Crippen molar-refractivity contribution in [3.05, 3.63) is 35.8 Å². The maximum atomic E-state index is 14.7. The standard InChI is InChI=1S/C21H24FN7O3S/c1-11-9-29(10-12(2)31-11)20-25-17(16-8-24-19(23)33-16)26-21(27-20)32-15-6-5-13(7-14(15)22)18(30)28(3)4/h5-8,11-12H,9-10H2,1-4H3,(H2,23,24). The van der Waals surface area contributed by atoms with Crippen molar-refractivity contribution in [1.29, 1.82) is 0 Å². The van der Waals surface area contributed by atoms with Crippen LogP contribution in [0.2, 0.25) is 0 Å². The lowest BCUT2D eigenvalue weighted by atomic mass is 10.2. The normalized spacial score (nSPS) is 18.3. The molecule has 2 atom stereocenters. The van der Waals surface area contributed by atoms with Gasteiger partial charge in [-0.15, -0.1) is 0 Å². The van der Waals surface area contributed by atoms with E-state index in [0.29, 0.717) is 34.9 Å². The number of ether oxygens (including phenoxy) is 2. The third kappa shape index (κ3) is 5.17. The van der Waals surface area contributed by atoms with Crippen LogP contribution in [-0.2, 0) is 4.74 Å². The Hall–Kier alpha value is -3.38. The minimum absolute atomic E-state index is 0.0170. The largest absolute Gasteiger partial charge is 0.421 e. The van der Waals surface area contributed by atoms with Gasteiger partial charge in [-0.2, -0.15) is 15.0 Å². The summed E-state index contributed by atoms with van der Waals surface area (Å²) in [5.41, 5.74) is 5.98. The molecule has 2 N–H and O–H groups in total. The van der Waals surface area contributed by atoms with Crippen molar-refractivity contribution in [3.63, 3.8) is 0 Å². The minimum atomic E-state index is -0.707. The first-order valence-electron chi connectivity index (χ1n) is 10.3. The molecule has 1 aliphatic rings. The number of benzene rings is 1. The number of amides is 1. The number of nitrogens with two attached hydrogens (primary N) is 1. The van der Waals surface area contributed by atoms with Crippen LogP contribution in [0.15, 0.2) is 24.4 Å². The van der Waals surface area contributed by atoms with E-state index in [4.69, 9.17) is 15.2 Å². The number of aromatic nitrogens is 4. The van der Waals surface area contributed by atoms with Crippen LogP contribution < -0.4 is 15.4 Å². The molecule has 4 rings (SSSR count). The number of nitrogens with zero attached hydrogens (tertiary/aromatic N) is 6. The molecule has 1 aromatic carbocycles. The van der Waals surface area contributed by atoms with Crippen molar-refractivity contribution in [2.45, 2.75) is 26.1 Å². The second kappa shape index (κ2) is 9.24. The Morgan fingerprint density at radius 2 is 1.97 bits per heavy atom. The highest BCUT2D eigenvalue weighted by Crippen LogP contribution is 2.30. The van der Waals surface area contributed by atoms with Crippen molar-refractivity contribution in [1.82, 2.24) is 24.8 Å². The van der Waals surface area contributed by atoms with Crippen molar-refractivity contribution >= 4 is 28.3 Å². The van der Waals surface area contributed by atoms with Gasteiger partial charge in [0, 0.05) is 32.7 Å². The zero-order valence-electron chi connectivity index (χ0n) is 18.6. The van der Waals surface area contributed by atoms with Gasteiger partial charge in [0.1, 0.15) is 0 Å². The van der Waals surface area contributed by atoms with E-state index in [9.17, 15) is 9.18 Å². The number of thiazole rings is 1. The summed E-state index contributed by atoms with van der Waals surface area (Å²) in [6, 6.07) is 3.90. The quantitative estimate of drug-likeness (QED) is 0.596. The summed E-state index contributed by atoms with van der Waals surface area (Å²) in [6.07, 6.45) is 1.53. The number of carbonyl (C=O) groups is 1. The van der Waals surface area contributed by atoms with Gasteiger partial charge in [-0.05, 0) is 32.0 Å². The average Bonchev–Trinajstić information content (AvgIpc) is 3.20. The molecule has 3 aromatic rings. The number of halogens is 1. The van der Waals surface area contributed by atoms with Gasteiger partial charge >= 0.3 is 6.01 Å². The Morgan fingerprint density at radius 1 is 1.24 bits per heavy atom. The van der Waals surface area contributed by atoms with E-state index in [1.54, 1.807) is 20.3 Å². The smallest absolute Gasteiger partial charge is 0.327 e. The van der Waals surface area contributed by atoms with Crippen LogP contribution in [0.5, 0.6) is 11.8 Å². The number of hydrogen-bond donors (Lipinski definition) is 1. The van der Waals surface area contributed by atoms with Crippen molar-refractivity contribution in [2.75, 3.05) is 37.8 Å². The zero-order chi connectivity index (χ0) is 23.7. The van der Waals surface area contributed by atoms with Gasteiger partial charge in [0.15, 0.2) is 22.5 Å². The molecule has 0 radical (unpaired) electrons. The van der Waals surface area contributed by atoms with Crippen LogP contribution in [0.4, 0.5) is 15.5 Å². The lowest BCUT2D eigenvalue weighted by molar-refractivity contribution is -0.00576. The highest BCUT2D eigenvalue weighted by Gasteiger charge is 2.26. The summed E-state index contributed by atoms with van der Waals surface area (Å²) in [6.45, 7) is 5.09. The van der Waals surface area contributed by atoms with Crippen molar-refractivity contribution in [3.8, 4) is 22.5 Å². The summed E-state index contributed by atoms with van der Waals surface area (Å²) in [5.74, 6) is -0.439. The zero-order valence-corrected chi connectivity index (χ0v) is 19.5. The van der Waals surface area contributed by atoms with Crippen LogP contribution in [0, 0.1) is 5.82 Å². The summed E-state index contributed by atoms with van der Waals surface area (Å²) in [5, 5.41) is 0.371. The molecule has 3 heterocycles. The predicted octanol–water partition coefficient (Wildman–Crippen LogP) is 2.82. The van der Waals surface area contributed by atoms with E-state index < -0.39 is 5.82 Å². The Labute approximate surface area is 194 Å². The highest BCUT2D eigenvalue weighted by molar-refractivity contribution is 7.18. The predicted molar refractivity (Wildman–Crippen MR) is 122 cm³/mol. The SMILES string of the molecule is CC1CN(c2nc(Oc3ccc(C(=O)N(C)C)cc3F)nc(-c3cnc(N)s3)n2)CC(C)O1. The van der Waals surface area contributed by atoms with Gasteiger partial charge in [-0.25, -0.2) is 9.37 Å². The summed E-state index contributed by atoms with van der Waals surface area (Å²) in [4.78, 5) is 33.4. The van der Waals surface area contributed by atoms with E-state index >= 15 is 0 Å². The summed E-state index contributed by atoms with van der Waals surface area (Å²) in [7, 11) is 3.19. The Balaban J connectivity index is 1.69. The molecule has 174 valence electrons. The first-order chi connectivity index (χ1) is 15.7. The van der Waals surface area contributed by atoms with E-state index in [0.717, 1.165) is 6.07 Å². The van der Waals surface area contributed by atoms with Crippen LogP contribution in [0.25, 0.3) is 10.7 Å². The molecule has 1 fully saturated rings. The second-order valence-electron chi connectivity index (χ2n) is 7.91. The average molecular weight is 474 g/mol. The molecule has 33 heavy (non-hydrogen) atoms. The maximum absolute atomic E-state index is 14.7. The van der Waals surface area contributed by atoms with Gasteiger partial charge < -0.3 is 25.0 Å². The van der Waals surface area contributed by atoms with E-state index in [-0.39, 0.29) is 35.4 Å². The fourth-order valence-electron chi connectivity index (χ4n) is 3.45. The number of rotatable bonds is 5. The summed E-state index contributed by atoms with van der Waals surface area (Å²) < 4.78 is 26.2. The lowest BCUT2D eigenvalue weighted by Gasteiger charge is -2.35. The number of carbonyl (C=O) groups excluding carboxylic acids is 1. The molecule has 0 aliphatic carbocycles. The van der Waals surface area contributed by atoms with Gasteiger partial charge in [0.05, 0.1) is 23.3 Å². The molecule has 12 heteroatoms. The molecule has 10 nitrogen and oxygen atoms in total. The third-order valence-electron chi connectivity index (χ3n) is 4.84. The number of hydrogen-bond acceptors (Lipinski definition) is 10. The molecular weight excluding hydrogens is 449 g/mol. The van der Waals surface area contributed by atoms with Crippen molar-refractivity contribution in [2.24, 2.45) is 0 Å². The molecule has 0 saturated carbocycles. The molecule has 2 aromatic heterocycles. The second-order valence-corrected chi connectivity index (χ2v) is 8.98. The molecule has 0 spiro atoms. The topological polar surface area (TPSA) is 120 Å². The third-order valence-corrected chi connectivity index (χ3v) is 5.66. The lowest BCUT2D eigenvalue weighted by Crippen LogP contribution is -2.46. The fraction of sp³-hybridized carbons (Fsp3) is 0.381. The Morgan fingerprint density at radius 3 is 2.58 bits per heavy atom. The number of morpholine rings is 1. The van der Waals surface area contributed by atoms with Crippen LogP contribution in [0.3, 0.4) is 0 Å². The fourth-order valence-corrected chi connectivity index (χ4v) is 4.07. The molecule has 0 bridgehead atoms. The van der Waals surface area contributed by atoms with Gasteiger partial charge in [0.25, 0.3) is 5.91 Å². The highest BCUT2D eigenvalue weighted by atomic mass is 32.1. The van der Waals surface area contributed by atoms with E-state index in [1.807, 2.05) is 18.7 Å². The maximum Gasteiger partial charge on any atom is 0.327 e. The van der Waals surface area contributed by atoms with E-state index in [2.05, 4.69) is 19.9 Å². The first kappa shape index (κ1) is 22.8. The van der Waals surface area contributed by atoms with Gasteiger partial charge in [-0.3, -0.25) is 4.79 Å². The molecule has 1 amide bonds. The van der Waals surface area contributed by atoms with Crippen molar-refractivity contribution < 1.29 is 18.7 Å². The molecule has 1 aliphatic heterocycles. The number of anilines is 2.